The van der Waals surface area contributed by atoms with E-state index in [2.05, 4.69) is 10.4 Å². The Bertz CT molecular complexity index is 1160. The van der Waals surface area contributed by atoms with E-state index in [1.54, 1.807) is 43.3 Å². The summed E-state index contributed by atoms with van der Waals surface area (Å²) in [5.74, 6) is -1.19. The van der Waals surface area contributed by atoms with Crippen molar-refractivity contribution in [1.82, 2.24) is 9.78 Å². The number of carboxylic acid groups (broad SMARTS) is 1. The van der Waals surface area contributed by atoms with Gasteiger partial charge in [0.1, 0.15) is 11.6 Å². The zero-order valence-corrected chi connectivity index (χ0v) is 16.4. The number of nitrogens with one attached hydrogen (secondary N) is 1. The van der Waals surface area contributed by atoms with Crippen LogP contribution in [0.25, 0.3) is 5.69 Å². The Kier molecular flexibility index (Phi) is 4.83. The lowest BCUT2D eigenvalue weighted by Gasteiger charge is -2.23. The number of carboxylic acids is 1. The molecule has 0 radical (unpaired) electrons. The number of nitrogens with zero attached hydrogens (tertiary/aromatic N) is 2. The average Bonchev–Trinajstić information content (AvgIpc) is 3.08. The van der Waals surface area contributed by atoms with Crippen molar-refractivity contribution in [2.75, 3.05) is 12.4 Å². The second kappa shape index (κ2) is 7.47. The van der Waals surface area contributed by atoms with Gasteiger partial charge in [0.25, 0.3) is 0 Å². The van der Waals surface area contributed by atoms with Crippen molar-refractivity contribution in [1.29, 1.82) is 0 Å². The van der Waals surface area contributed by atoms with E-state index in [4.69, 9.17) is 9.84 Å². The number of aromatic carboxylic acids is 1. The minimum Gasteiger partial charge on any atom is -0.497 e. The van der Waals surface area contributed by atoms with Gasteiger partial charge in [-0.25, -0.2) is 9.48 Å². The number of amides is 1. The van der Waals surface area contributed by atoms with Gasteiger partial charge in [-0.3, -0.25) is 9.59 Å². The molecule has 8 nitrogen and oxygen atoms in total. The van der Waals surface area contributed by atoms with E-state index >= 15 is 0 Å². The van der Waals surface area contributed by atoms with E-state index in [1.165, 1.54) is 23.9 Å². The molecular weight excluding hydrogens is 386 g/mol. The standard InChI is InChI=1S/C22H19N3O5/c1-12-19-17(20(27)14-4-3-5-16(10-14)30-2)11-18(26)23-21(19)25(24-12)15-8-6-13(7-9-15)22(28)29/h3-10,17H,11H2,1-2H3,(H,23,26)(H,28,29). The summed E-state index contributed by atoms with van der Waals surface area (Å²) in [6, 6.07) is 13.0. The number of Topliss-reactive ketones (excluding diaryl/α,β-unsaturated/α-hetero) is 1. The fourth-order valence-corrected chi connectivity index (χ4v) is 3.68. The molecule has 1 atom stereocenters. The zero-order valence-electron chi connectivity index (χ0n) is 16.4. The lowest BCUT2D eigenvalue weighted by Crippen LogP contribution is -2.28. The third kappa shape index (κ3) is 3.32. The number of aromatic nitrogens is 2. The van der Waals surface area contributed by atoms with Gasteiger partial charge in [-0.2, -0.15) is 5.10 Å². The lowest BCUT2D eigenvalue weighted by molar-refractivity contribution is -0.116. The molecule has 3 aromatic rings. The number of carbonyl (C=O) groups excluding carboxylic acids is 2. The molecular formula is C22H19N3O5. The Labute approximate surface area is 172 Å². The van der Waals surface area contributed by atoms with Crippen molar-refractivity contribution in [3.63, 3.8) is 0 Å². The minimum atomic E-state index is -1.03. The summed E-state index contributed by atoms with van der Waals surface area (Å²) < 4.78 is 6.73. The number of hydrogen-bond acceptors (Lipinski definition) is 5. The Morgan fingerprint density at radius 2 is 1.90 bits per heavy atom. The molecule has 2 heterocycles. The molecule has 30 heavy (non-hydrogen) atoms. The highest BCUT2D eigenvalue weighted by Crippen LogP contribution is 2.38. The maximum atomic E-state index is 13.3. The molecule has 0 bridgehead atoms. The van der Waals surface area contributed by atoms with E-state index in [-0.39, 0.29) is 23.7 Å². The molecule has 2 N–H and O–H groups in total. The van der Waals surface area contributed by atoms with Crippen LogP contribution in [0.15, 0.2) is 48.5 Å². The number of carbonyl (C=O) groups is 3. The van der Waals surface area contributed by atoms with Crippen molar-refractivity contribution in [3.05, 3.63) is 70.9 Å². The summed E-state index contributed by atoms with van der Waals surface area (Å²) >= 11 is 0. The van der Waals surface area contributed by atoms with E-state index in [0.717, 1.165) is 0 Å². The summed E-state index contributed by atoms with van der Waals surface area (Å²) in [5, 5.41) is 16.4. The molecule has 0 saturated carbocycles. The minimum absolute atomic E-state index is 0.0214. The van der Waals surface area contributed by atoms with Crippen LogP contribution in [0.4, 0.5) is 5.82 Å². The molecule has 1 aliphatic heterocycles. The van der Waals surface area contributed by atoms with Crippen molar-refractivity contribution in [2.24, 2.45) is 0 Å². The van der Waals surface area contributed by atoms with Crippen LogP contribution in [-0.2, 0) is 4.79 Å². The zero-order chi connectivity index (χ0) is 21.4. The van der Waals surface area contributed by atoms with Crippen LogP contribution in [-0.4, -0.2) is 39.7 Å². The Balaban J connectivity index is 1.77. The molecule has 1 aromatic heterocycles. The summed E-state index contributed by atoms with van der Waals surface area (Å²) in [7, 11) is 1.53. The van der Waals surface area contributed by atoms with Crippen LogP contribution in [0.5, 0.6) is 5.75 Å². The molecule has 1 unspecified atom stereocenters. The fraction of sp³-hybridized carbons (Fsp3) is 0.182. The fourth-order valence-electron chi connectivity index (χ4n) is 3.68. The van der Waals surface area contributed by atoms with Crippen molar-refractivity contribution >= 4 is 23.5 Å². The first-order chi connectivity index (χ1) is 14.4. The molecule has 152 valence electrons. The highest BCUT2D eigenvalue weighted by molar-refractivity contribution is 6.08. The van der Waals surface area contributed by atoms with Crippen molar-refractivity contribution < 1.29 is 24.2 Å². The summed E-state index contributed by atoms with van der Waals surface area (Å²) in [6.07, 6.45) is 0.0214. The number of methoxy groups -OCH3 is 1. The molecule has 4 rings (SSSR count). The van der Waals surface area contributed by atoms with Crippen LogP contribution < -0.4 is 10.1 Å². The maximum Gasteiger partial charge on any atom is 0.335 e. The molecule has 0 saturated heterocycles. The first kappa shape index (κ1) is 19.4. The van der Waals surface area contributed by atoms with Gasteiger partial charge in [-0.05, 0) is 43.3 Å². The number of ether oxygens (including phenoxy) is 1. The quantitative estimate of drug-likeness (QED) is 0.631. The largest absolute Gasteiger partial charge is 0.497 e. The number of hydrogen-bond donors (Lipinski definition) is 2. The smallest absolute Gasteiger partial charge is 0.335 e. The van der Waals surface area contributed by atoms with E-state index in [0.29, 0.717) is 34.1 Å². The number of ketones is 1. The van der Waals surface area contributed by atoms with Gasteiger partial charge >= 0.3 is 5.97 Å². The monoisotopic (exact) mass is 405 g/mol. The number of anilines is 1. The van der Waals surface area contributed by atoms with Gasteiger partial charge in [0.05, 0.1) is 30.0 Å². The highest BCUT2D eigenvalue weighted by atomic mass is 16.5. The SMILES string of the molecule is COc1cccc(C(=O)C2CC(=O)Nc3c2c(C)nn3-c2ccc(C(=O)O)cc2)c1. The van der Waals surface area contributed by atoms with E-state index < -0.39 is 11.9 Å². The summed E-state index contributed by atoms with van der Waals surface area (Å²) in [6.45, 7) is 1.78. The van der Waals surface area contributed by atoms with Crippen LogP contribution in [0, 0.1) is 6.92 Å². The number of aryl methyl sites for hydroxylation is 1. The van der Waals surface area contributed by atoms with Gasteiger partial charge in [0.15, 0.2) is 5.78 Å². The van der Waals surface area contributed by atoms with Crippen LogP contribution >= 0.6 is 0 Å². The Morgan fingerprint density at radius 3 is 2.57 bits per heavy atom. The molecule has 0 spiro atoms. The highest BCUT2D eigenvalue weighted by Gasteiger charge is 2.36. The first-order valence-corrected chi connectivity index (χ1v) is 9.30. The topological polar surface area (TPSA) is 111 Å². The van der Waals surface area contributed by atoms with Gasteiger partial charge in [0, 0.05) is 17.5 Å². The summed E-state index contributed by atoms with van der Waals surface area (Å²) in [5.41, 5.74) is 2.46. The average molecular weight is 405 g/mol. The van der Waals surface area contributed by atoms with Crippen molar-refractivity contribution in [2.45, 2.75) is 19.3 Å². The van der Waals surface area contributed by atoms with Gasteiger partial charge in [0.2, 0.25) is 5.91 Å². The number of rotatable bonds is 5. The predicted octanol–water partition coefficient (Wildman–Crippen LogP) is 3.20. The summed E-state index contributed by atoms with van der Waals surface area (Å²) in [4.78, 5) is 36.8. The lowest BCUT2D eigenvalue weighted by atomic mass is 9.85. The predicted molar refractivity (Wildman–Crippen MR) is 109 cm³/mol. The third-order valence-electron chi connectivity index (χ3n) is 5.13. The van der Waals surface area contributed by atoms with E-state index in [1.807, 2.05) is 0 Å². The Morgan fingerprint density at radius 1 is 1.17 bits per heavy atom. The normalized spacial score (nSPS) is 15.3. The number of fused-ring (bicyclic) bond motifs is 1. The van der Waals surface area contributed by atoms with Crippen molar-refractivity contribution in [3.8, 4) is 11.4 Å². The first-order valence-electron chi connectivity index (χ1n) is 9.30. The molecule has 2 aromatic carbocycles. The number of benzene rings is 2. The van der Waals surface area contributed by atoms with E-state index in [9.17, 15) is 14.4 Å². The third-order valence-corrected chi connectivity index (χ3v) is 5.13. The van der Waals surface area contributed by atoms with Gasteiger partial charge in [-0.1, -0.05) is 12.1 Å². The molecule has 1 aliphatic rings. The maximum absolute atomic E-state index is 13.3. The molecule has 0 fully saturated rings. The van der Waals surface area contributed by atoms with Crippen LogP contribution in [0.1, 0.15) is 44.3 Å². The van der Waals surface area contributed by atoms with Gasteiger partial charge < -0.3 is 15.2 Å². The molecule has 1 amide bonds. The van der Waals surface area contributed by atoms with Crippen LogP contribution in [0.3, 0.4) is 0 Å². The molecule has 8 heteroatoms. The van der Waals surface area contributed by atoms with Gasteiger partial charge in [-0.15, -0.1) is 0 Å². The van der Waals surface area contributed by atoms with Crippen LogP contribution in [0.2, 0.25) is 0 Å². The Hall–Kier alpha value is -3.94. The second-order valence-electron chi connectivity index (χ2n) is 7.01. The molecule has 0 aliphatic carbocycles. The second-order valence-corrected chi connectivity index (χ2v) is 7.01.